The number of rotatable bonds is 4. The van der Waals surface area contributed by atoms with Crippen LogP contribution < -0.4 is 5.32 Å². The fraction of sp³-hybridized carbons (Fsp3) is 0.471. The zero-order valence-corrected chi connectivity index (χ0v) is 11.7. The van der Waals surface area contributed by atoms with Gasteiger partial charge in [0.1, 0.15) is 0 Å². The van der Waals surface area contributed by atoms with E-state index in [9.17, 15) is 4.79 Å². The van der Waals surface area contributed by atoms with Crippen molar-refractivity contribution in [2.45, 2.75) is 51.9 Å². The highest BCUT2D eigenvalue weighted by molar-refractivity contribution is 6.00. The summed E-state index contributed by atoms with van der Waals surface area (Å²) in [4.78, 5) is 12.0. The number of carbonyl (C=O) groups excluding carboxylic acids is 1. The minimum absolute atomic E-state index is 0.0282. The maximum absolute atomic E-state index is 12.0. The molecule has 0 saturated heterocycles. The van der Waals surface area contributed by atoms with Crippen LogP contribution in [0, 0.1) is 0 Å². The van der Waals surface area contributed by atoms with Crippen LogP contribution in [-0.4, -0.2) is 5.91 Å². The minimum atomic E-state index is 0.0282. The molecule has 1 fully saturated rings. The lowest BCUT2D eigenvalue weighted by atomic mass is 9.94. The Balaban J connectivity index is 2.02. The van der Waals surface area contributed by atoms with E-state index in [0.717, 1.165) is 31.4 Å². The first-order valence-electron chi connectivity index (χ1n) is 7.38. The number of benzene rings is 1. The molecular formula is C17H23NO. The van der Waals surface area contributed by atoms with E-state index < -0.39 is 0 Å². The van der Waals surface area contributed by atoms with Crippen LogP contribution in [0.4, 0.5) is 5.69 Å². The first-order valence-corrected chi connectivity index (χ1v) is 7.38. The number of nitrogens with one attached hydrogen (secondary N) is 1. The van der Waals surface area contributed by atoms with Gasteiger partial charge >= 0.3 is 0 Å². The molecule has 1 saturated carbocycles. The Morgan fingerprint density at radius 2 is 1.95 bits per heavy atom. The molecule has 2 rings (SSSR count). The normalized spacial score (nSPS) is 15.1. The maximum Gasteiger partial charge on any atom is 0.248 e. The minimum Gasteiger partial charge on any atom is -0.322 e. The van der Waals surface area contributed by atoms with E-state index in [1.165, 1.54) is 30.4 Å². The lowest BCUT2D eigenvalue weighted by Gasteiger charge is -2.14. The second-order valence-corrected chi connectivity index (χ2v) is 5.26. The topological polar surface area (TPSA) is 29.1 Å². The predicted octanol–water partition coefficient (Wildman–Crippen LogP) is 4.47. The van der Waals surface area contributed by atoms with E-state index in [2.05, 4.69) is 18.3 Å². The largest absolute Gasteiger partial charge is 0.322 e. The zero-order valence-electron chi connectivity index (χ0n) is 11.7. The Morgan fingerprint density at radius 3 is 2.68 bits per heavy atom. The van der Waals surface area contributed by atoms with E-state index in [4.69, 9.17) is 0 Å². The van der Waals surface area contributed by atoms with Crippen LogP contribution in [0.5, 0.6) is 0 Å². The summed E-state index contributed by atoms with van der Waals surface area (Å²) in [7, 11) is 0. The number of carbonyl (C=O) groups is 1. The Labute approximate surface area is 115 Å². The summed E-state index contributed by atoms with van der Waals surface area (Å²) in [6.07, 6.45) is 9.84. The average Bonchev–Trinajstić information content (AvgIpc) is 2.42. The van der Waals surface area contributed by atoms with E-state index in [1.54, 1.807) is 0 Å². The van der Waals surface area contributed by atoms with Crippen molar-refractivity contribution < 1.29 is 4.79 Å². The molecule has 1 aromatic rings. The van der Waals surface area contributed by atoms with E-state index in [-0.39, 0.29) is 5.91 Å². The maximum atomic E-state index is 12.0. The summed E-state index contributed by atoms with van der Waals surface area (Å²) in [5.74, 6) is 0.0282. The van der Waals surface area contributed by atoms with Gasteiger partial charge in [-0.25, -0.2) is 0 Å². The molecule has 0 heterocycles. The third kappa shape index (κ3) is 4.23. The third-order valence-corrected chi connectivity index (χ3v) is 3.63. The van der Waals surface area contributed by atoms with E-state index >= 15 is 0 Å². The molecule has 0 aromatic heterocycles. The Hall–Kier alpha value is -1.57. The van der Waals surface area contributed by atoms with Crippen LogP contribution >= 0.6 is 0 Å². The van der Waals surface area contributed by atoms with Gasteiger partial charge in [0.15, 0.2) is 0 Å². The molecule has 0 aliphatic heterocycles. The lowest BCUT2D eigenvalue weighted by molar-refractivity contribution is -0.112. The third-order valence-electron chi connectivity index (χ3n) is 3.63. The van der Waals surface area contributed by atoms with Crippen LogP contribution in [0.1, 0.15) is 51.0 Å². The second-order valence-electron chi connectivity index (χ2n) is 5.26. The zero-order chi connectivity index (χ0) is 13.5. The quantitative estimate of drug-likeness (QED) is 0.792. The molecule has 0 atom stereocenters. The second kappa shape index (κ2) is 7.13. The number of aryl methyl sites for hydroxylation is 1. The van der Waals surface area contributed by atoms with E-state index in [1.807, 2.05) is 24.3 Å². The van der Waals surface area contributed by atoms with Crippen molar-refractivity contribution in [1.82, 2.24) is 0 Å². The molecule has 2 heteroatoms. The molecule has 1 aromatic carbocycles. The lowest BCUT2D eigenvalue weighted by Crippen LogP contribution is -2.11. The van der Waals surface area contributed by atoms with Crippen molar-refractivity contribution in [3.63, 3.8) is 0 Å². The van der Waals surface area contributed by atoms with Crippen molar-refractivity contribution in [3.05, 3.63) is 41.5 Å². The van der Waals surface area contributed by atoms with Gasteiger partial charge < -0.3 is 5.32 Å². The fourth-order valence-corrected chi connectivity index (χ4v) is 2.63. The average molecular weight is 257 g/mol. The Kier molecular flexibility index (Phi) is 5.20. The molecule has 1 amide bonds. The Bertz CT molecular complexity index is 454. The predicted molar refractivity (Wildman–Crippen MR) is 80.2 cm³/mol. The number of para-hydroxylation sites is 1. The van der Waals surface area contributed by atoms with Crippen molar-refractivity contribution >= 4 is 11.6 Å². The van der Waals surface area contributed by atoms with Crippen LogP contribution in [-0.2, 0) is 11.2 Å². The molecule has 19 heavy (non-hydrogen) atoms. The SMILES string of the molecule is CCCc1ccccc1NC(=O)C=C1CCCCC1. The van der Waals surface area contributed by atoms with Gasteiger partial charge in [0.05, 0.1) is 0 Å². The summed E-state index contributed by atoms with van der Waals surface area (Å²) in [6.45, 7) is 2.16. The monoisotopic (exact) mass is 257 g/mol. The first kappa shape index (κ1) is 13.9. The van der Waals surface area contributed by atoms with Crippen LogP contribution in [0.3, 0.4) is 0 Å². The van der Waals surface area contributed by atoms with Crippen LogP contribution in [0.2, 0.25) is 0 Å². The van der Waals surface area contributed by atoms with Gasteiger partial charge in [-0.1, -0.05) is 43.5 Å². The van der Waals surface area contributed by atoms with Gasteiger partial charge in [0.25, 0.3) is 0 Å². The number of anilines is 1. The van der Waals surface area contributed by atoms with Crippen molar-refractivity contribution in [3.8, 4) is 0 Å². The number of allylic oxidation sites excluding steroid dienone is 1. The molecule has 1 N–H and O–H groups in total. The first-order chi connectivity index (χ1) is 9.29. The van der Waals surface area contributed by atoms with Gasteiger partial charge in [0.2, 0.25) is 5.91 Å². The molecule has 0 unspecified atom stereocenters. The highest BCUT2D eigenvalue weighted by Crippen LogP contribution is 2.23. The summed E-state index contributed by atoms with van der Waals surface area (Å²) in [5.41, 5.74) is 3.49. The Morgan fingerprint density at radius 1 is 1.21 bits per heavy atom. The molecular weight excluding hydrogens is 234 g/mol. The van der Waals surface area contributed by atoms with Gasteiger partial charge in [-0.3, -0.25) is 4.79 Å². The van der Waals surface area contributed by atoms with Crippen LogP contribution in [0.15, 0.2) is 35.9 Å². The standard InChI is InChI=1S/C17H23NO/c1-2-8-15-11-6-7-12-16(15)18-17(19)13-14-9-4-3-5-10-14/h6-7,11-13H,2-5,8-10H2,1H3,(H,18,19). The van der Waals surface area contributed by atoms with Crippen molar-refractivity contribution in [2.24, 2.45) is 0 Å². The van der Waals surface area contributed by atoms with E-state index in [0.29, 0.717) is 0 Å². The van der Waals surface area contributed by atoms with Gasteiger partial charge in [-0.2, -0.15) is 0 Å². The molecule has 0 spiro atoms. The number of amides is 1. The number of hydrogen-bond donors (Lipinski definition) is 1. The van der Waals surface area contributed by atoms with Crippen molar-refractivity contribution in [2.75, 3.05) is 5.32 Å². The summed E-state index contributed by atoms with van der Waals surface area (Å²) < 4.78 is 0. The smallest absolute Gasteiger partial charge is 0.248 e. The molecule has 0 bridgehead atoms. The highest BCUT2D eigenvalue weighted by atomic mass is 16.1. The summed E-state index contributed by atoms with van der Waals surface area (Å²) >= 11 is 0. The highest BCUT2D eigenvalue weighted by Gasteiger charge is 2.08. The molecule has 1 aliphatic rings. The molecule has 0 radical (unpaired) electrons. The molecule has 1 aliphatic carbocycles. The van der Waals surface area contributed by atoms with Gasteiger partial charge in [-0.15, -0.1) is 0 Å². The fourth-order valence-electron chi connectivity index (χ4n) is 2.63. The summed E-state index contributed by atoms with van der Waals surface area (Å²) in [5, 5.41) is 3.03. The van der Waals surface area contributed by atoms with Gasteiger partial charge in [0, 0.05) is 11.8 Å². The van der Waals surface area contributed by atoms with Crippen molar-refractivity contribution in [1.29, 1.82) is 0 Å². The van der Waals surface area contributed by atoms with Crippen LogP contribution in [0.25, 0.3) is 0 Å². The molecule has 102 valence electrons. The summed E-state index contributed by atoms with van der Waals surface area (Å²) in [6, 6.07) is 8.08. The van der Waals surface area contributed by atoms with Gasteiger partial charge in [-0.05, 0) is 43.7 Å². The number of hydrogen-bond acceptors (Lipinski definition) is 1. The molecule has 2 nitrogen and oxygen atoms in total.